The van der Waals surface area contributed by atoms with Crippen molar-refractivity contribution in [3.8, 4) is 0 Å². The molecule has 1 N–H and O–H groups in total. The zero-order chi connectivity index (χ0) is 6.57. The molecule has 0 aromatic rings. The van der Waals surface area contributed by atoms with Crippen molar-refractivity contribution in [2.75, 3.05) is 6.61 Å². The van der Waals surface area contributed by atoms with Gasteiger partial charge in [-0.25, -0.2) is 0 Å². The summed E-state index contributed by atoms with van der Waals surface area (Å²) in [5.41, 5.74) is 0. The van der Waals surface area contributed by atoms with Gasteiger partial charge in [0.2, 0.25) is 0 Å². The lowest BCUT2D eigenvalue weighted by Crippen LogP contribution is -2.05. The summed E-state index contributed by atoms with van der Waals surface area (Å²) < 4.78 is 24.7. The highest BCUT2D eigenvalue weighted by atomic mass is 31.2. The fraction of sp³-hybridized carbons (Fsp3) is 1.00. The monoisotopic (exact) mass is 142 g/mol. The second-order valence-corrected chi connectivity index (χ2v) is 2.16. The first kappa shape index (κ1) is 8.08. The maximum absolute atomic E-state index is 11.3. The molecule has 0 spiro atoms. The maximum Gasteiger partial charge on any atom is 0.356 e. The van der Waals surface area contributed by atoms with Gasteiger partial charge in [-0.1, -0.05) is 0 Å². The van der Waals surface area contributed by atoms with E-state index >= 15 is 0 Å². The molecular formula is C3H8FO3P. The highest BCUT2D eigenvalue weighted by Gasteiger charge is 1.97. The molecule has 50 valence electrons. The van der Waals surface area contributed by atoms with Gasteiger partial charge >= 0.3 is 8.34 Å². The van der Waals surface area contributed by atoms with E-state index in [4.69, 9.17) is 5.11 Å². The molecule has 0 fully saturated rings. The number of hydrogen-bond donors (Lipinski definition) is 1. The molecule has 0 aromatic carbocycles. The summed E-state index contributed by atoms with van der Waals surface area (Å²) in [6.07, 6.45) is -0.750. The van der Waals surface area contributed by atoms with Crippen LogP contribution in [-0.4, -0.2) is 17.8 Å². The largest absolute Gasteiger partial charge is 0.391 e. The summed E-state index contributed by atoms with van der Waals surface area (Å²) in [6, 6.07) is 0. The average Bonchev–Trinajstić information content (AvgIpc) is 1.61. The van der Waals surface area contributed by atoms with Gasteiger partial charge in [-0.05, 0) is 6.92 Å². The van der Waals surface area contributed by atoms with Crippen molar-refractivity contribution in [1.82, 2.24) is 0 Å². The molecule has 0 bridgehead atoms. The number of halogens is 1. The minimum Gasteiger partial charge on any atom is -0.391 e. The lowest BCUT2D eigenvalue weighted by atomic mass is 10.5. The molecule has 3 nitrogen and oxygen atoms in total. The van der Waals surface area contributed by atoms with Crippen LogP contribution in [0.2, 0.25) is 0 Å². The molecule has 0 amide bonds. The minimum absolute atomic E-state index is 0.200. The number of rotatable bonds is 3. The van der Waals surface area contributed by atoms with Gasteiger partial charge in [0.25, 0.3) is 0 Å². The zero-order valence-corrected chi connectivity index (χ0v) is 5.43. The SMILES string of the molecule is CC(O)CO[PH](=O)F. The van der Waals surface area contributed by atoms with Gasteiger partial charge in [0.05, 0.1) is 12.7 Å². The van der Waals surface area contributed by atoms with Crippen LogP contribution in [-0.2, 0) is 9.09 Å². The maximum atomic E-state index is 11.3. The predicted octanol–water partition coefficient (Wildman–Crippen LogP) is 0.743. The summed E-state index contributed by atoms with van der Waals surface area (Å²) in [4.78, 5) is 0. The lowest BCUT2D eigenvalue weighted by Gasteiger charge is -1.99. The Kier molecular flexibility index (Phi) is 4.05. The Balaban J connectivity index is 3.05. The number of aliphatic hydroxyl groups excluding tert-OH is 1. The fourth-order valence-corrected chi connectivity index (χ4v) is 0.558. The molecule has 0 aromatic heterocycles. The molecule has 2 atom stereocenters. The summed E-state index contributed by atoms with van der Waals surface area (Å²) in [6.45, 7) is 1.22. The Morgan fingerprint density at radius 2 is 2.50 bits per heavy atom. The summed E-state index contributed by atoms with van der Waals surface area (Å²) in [5, 5.41) is 8.39. The first-order valence-corrected chi connectivity index (χ1v) is 3.32. The third-order valence-electron chi connectivity index (χ3n) is 0.438. The van der Waals surface area contributed by atoms with Gasteiger partial charge in [-0.15, -0.1) is 0 Å². The predicted molar refractivity (Wildman–Crippen MR) is 27.7 cm³/mol. The number of hydrogen-bond acceptors (Lipinski definition) is 3. The summed E-state index contributed by atoms with van der Waals surface area (Å²) in [5.74, 6) is 0. The van der Waals surface area contributed by atoms with Crippen LogP contribution in [0.25, 0.3) is 0 Å². The van der Waals surface area contributed by atoms with Crippen LogP contribution in [0.3, 0.4) is 0 Å². The standard InChI is InChI=1S/C3H8FO3P/c1-3(5)2-7-8(4)6/h3,5,8H,2H2,1H3. The number of aliphatic hydroxyl groups is 1. The topological polar surface area (TPSA) is 46.5 Å². The summed E-state index contributed by atoms with van der Waals surface area (Å²) >= 11 is 0. The van der Waals surface area contributed by atoms with Gasteiger partial charge < -0.3 is 9.63 Å². The van der Waals surface area contributed by atoms with Crippen LogP contribution >= 0.6 is 8.34 Å². The van der Waals surface area contributed by atoms with E-state index in [1.165, 1.54) is 6.92 Å². The molecular weight excluding hydrogens is 134 g/mol. The molecule has 0 saturated heterocycles. The van der Waals surface area contributed by atoms with Gasteiger partial charge in [-0.3, -0.25) is 4.57 Å². The normalized spacial score (nSPS) is 17.9. The van der Waals surface area contributed by atoms with E-state index in [9.17, 15) is 8.76 Å². The second-order valence-electron chi connectivity index (χ2n) is 1.40. The van der Waals surface area contributed by atoms with Crippen LogP contribution in [0.4, 0.5) is 4.20 Å². The van der Waals surface area contributed by atoms with Crippen molar-refractivity contribution in [2.45, 2.75) is 13.0 Å². The molecule has 0 aliphatic carbocycles. The first-order chi connectivity index (χ1) is 3.63. The Morgan fingerprint density at radius 1 is 2.00 bits per heavy atom. The van der Waals surface area contributed by atoms with Gasteiger partial charge in [-0.2, -0.15) is 4.20 Å². The van der Waals surface area contributed by atoms with Gasteiger partial charge in [0.1, 0.15) is 0 Å². The van der Waals surface area contributed by atoms with E-state index in [-0.39, 0.29) is 6.61 Å². The quantitative estimate of drug-likeness (QED) is 0.591. The van der Waals surface area contributed by atoms with E-state index in [1.54, 1.807) is 0 Å². The molecule has 0 aliphatic rings. The Labute approximate surface area is 47.5 Å². The van der Waals surface area contributed by atoms with Gasteiger partial charge in [0, 0.05) is 0 Å². The Hall–Kier alpha value is 0.0800. The molecule has 0 radical (unpaired) electrons. The van der Waals surface area contributed by atoms with E-state index in [0.29, 0.717) is 0 Å². The minimum atomic E-state index is -3.34. The van der Waals surface area contributed by atoms with E-state index in [1.807, 2.05) is 0 Å². The third kappa shape index (κ3) is 6.08. The van der Waals surface area contributed by atoms with Crippen molar-refractivity contribution < 1.29 is 18.4 Å². The highest BCUT2D eigenvalue weighted by Crippen LogP contribution is 2.22. The van der Waals surface area contributed by atoms with Crippen LogP contribution in [0, 0.1) is 0 Å². The van der Waals surface area contributed by atoms with E-state index in [0.717, 1.165) is 0 Å². The molecule has 0 heterocycles. The smallest absolute Gasteiger partial charge is 0.356 e. The lowest BCUT2D eigenvalue weighted by molar-refractivity contribution is 0.123. The molecule has 2 unspecified atom stereocenters. The van der Waals surface area contributed by atoms with Crippen molar-refractivity contribution in [3.05, 3.63) is 0 Å². The van der Waals surface area contributed by atoms with E-state index in [2.05, 4.69) is 4.52 Å². The zero-order valence-electron chi connectivity index (χ0n) is 4.43. The van der Waals surface area contributed by atoms with Crippen molar-refractivity contribution in [3.63, 3.8) is 0 Å². The Bertz CT molecular complexity index is 84.6. The van der Waals surface area contributed by atoms with Crippen molar-refractivity contribution in [2.24, 2.45) is 0 Å². The van der Waals surface area contributed by atoms with Crippen LogP contribution in [0.15, 0.2) is 0 Å². The fourth-order valence-electron chi connectivity index (χ4n) is 0.186. The molecule has 0 aliphatic heterocycles. The second kappa shape index (κ2) is 4.01. The van der Waals surface area contributed by atoms with Crippen LogP contribution < -0.4 is 0 Å². The average molecular weight is 142 g/mol. The van der Waals surface area contributed by atoms with Gasteiger partial charge in [0.15, 0.2) is 0 Å². The third-order valence-corrected chi connectivity index (χ3v) is 0.832. The molecule has 5 heteroatoms. The van der Waals surface area contributed by atoms with Crippen LogP contribution in [0.5, 0.6) is 0 Å². The molecule has 0 rings (SSSR count). The highest BCUT2D eigenvalue weighted by molar-refractivity contribution is 7.32. The Morgan fingerprint density at radius 3 is 2.62 bits per heavy atom. The van der Waals surface area contributed by atoms with Crippen molar-refractivity contribution in [1.29, 1.82) is 0 Å². The molecule has 8 heavy (non-hydrogen) atoms. The first-order valence-electron chi connectivity index (χ1n) is 2.13. The van der Waals surface area contributed by atoms with Crippen LogP contribution in [0.1, 0.15) is 6.92 Å². The van der Waals surface area contributed by atoms with E-state index < -0.39 is 14.4 Å². The molecule has 0 saturated carbocycles. The van der Waals surface area contributed by atoms with Crippen molar-refractivity contribution >= 4 is 8.34 Å². The summed E-state index contributed by atoms with van der Waals surface area (Å²) in [7, 11) is -3.34.